The Morgan fingerprint density at radius 1 is 1.27 bits per heavy atom. The fraction of sp³-hybridized carbons (Fsp3) is 0.0625. The zero-order valence-electron chi connectivity index (χ0n) is 11.5. The van der Waals surface area contributed by atoms with Gasteiger partial charge < -0.3 is 0 Å². The second-order valence-electron chi connectivity index (χ2n) is 4.63. The molecule has 22 heavy (non-hydrogen) atoms. The van der Waals surface area contributed by atoms with Crippen LogP contribution in [0, 0.1) is 10.1 Å². The Morgan fingerprint density at radius 3 is 2.64 bits per heavy atom. The summed E-state index contributed by atoms with van der Waals surface area (Å²) in [5.41, 5.74) is 1.40. The Labute approximate surface area is 140 Å². The monoisotopic (exact) mass is 379 g/mol. The van der Waals surface area contributed by atoms with E-state index in [9.17, 15) is 14.9 Å². The van der Waals surface area contributed by atoms with Gasteiger partial charge in [-0.1, -0.05) is 45.7 Å². The smallest absolute Gasteiger partial charge is 0.288 e. The van der Waals surface area contributed by atoms with Gasteiger partial charge in [0.05, 0.1) is 4.92 Å². The van der Waals surface area contributed by atoms with Gasteiger partial charge in [-0.05, 0) is 42.3 Å². The van der Waals surface area contributed by atoms with Crippen LogP contribution in [0.15, 0.2) is 52.5 Å². The summed E-state index contributed by atoms with van der Waals surface area (Å²) in [6, 6.07) is 11.5. The molecule has 2 rings (SSSR count). The predicted molar refractivity (Wildman–Crippen MR) is 90.2 cm³/mol. The Kier molecular flexibility index (Phi) is 5.11. The Morgan fingerprint density at radius 2 is 2.00 bits per heavy atom. The predicted octanol–water partition coefficient (Wildman–Crippen LogP) is 5.30. The van der Waals surface area contributed by atoms with Gasteiger partial charge in [0.25, 0.3) is 5.69 Å². The van der Waals surface area contributed by atoms with E-state index in [0.29, 0.717) is 16.7 Å². The van der Waals surface area contributed by atoms with Crippen molar-refractivity contribution in [1.82, 2.24) is 0 Å². The van der Waals surface area contributed by atoms with Crippen molar-refractivity contribution in [1.29, 1.82) is 0 Å². The summed E-state index contributed by atoms with van der Waals surface area (Å²) in [4.78, 5) is 22.7. The number of nitrogens with zero attached hydrogens (tertiary/aromatic N) is 1. The van der Waals surface area contributed by atoms with Gasteiger partial charge in [0.15, 0.2) is 5.78 Å². The van der Waals surface area contributed by atoms with E-state index in [-0.39, 0.29) is 16.5 Å². The molecule has 0 aromatic heterocycles. The van der Waals surface area contributed by atoms with Crippen LogP contribution < -0.4 is 0 Å². The van der Waals surface area contributed by atoms with Gasteiger partial charge in [0.2, 0.25) is 0 Å². The second kappa shape index (κ2) is 6.85. The van der Waals surface area contributed by atoms with Gasteiger partial charge in [-0.2, -0.15) is 0 Å². The fourth-order valence-corrected chi connectivity index (χ4v) is 2.52. The number of carbonyl (C=O) groups excluding carboxylic acids is 1. The maximum absolute atomic E-state index is 12.3. The Balaban J connectivity index is 2.34. The number of halogens is 2. The summed E-state index contributed by atoms with van der Waals surface area (Å²) in [6.45, 7) is 1.67. The first kappa shape index (κ1) is 16.4. The normalized spacial score (nSPS) is 11.3. The van der Waals surface area contributed by atoms with Crippen molar-refractivity contribution >= 4 is 45.1 Å². The van der Waals surface area contributed by atoms with Crippen molar-refractivity contribution in [2.45, 2.75) is 6.92 Å². The maximum Gasteiger partial charge on any atom is 0.288 e. The first-order chi connectivity index (χ1) is 10.4. The van der Waals surface area contributed by atoms with Crippen LogP contribution in [-0.2, 0) is 0 Å². The Hall–Kier alpha value is -1.98. The molecule has 0 radical (unpaired) electrons. The Bertz CT molecular complexity index is 787. The molecule has 6 heteroatoms. The lowest BCUT2D eigenvalue weighted by molar-refractivity contribution is -0.384. The zero-order valence-corrected chi connectivity index (χ0v) is 13.9. The molecule has 0 heterocycles. The summed E-state index contributed by atoms with van der Waals surface area (Å²) < 4.78 is 0.813. The van der Waals surface area contributed by atoms with Crippen LogP contribution >= 0.6 is 27.5 Å². The third-order valence-corrected chi connectivity index (χ3v) is 3.81. The quantitative estimate of drug-likeness (QED) is 0.313. The molecule has 0 saturated carbocycles. The van der Waals surface area contributed by atoms with Crippen LogP contribution in [0.1, 0.15) is 22.8 Å². The van der Waals surface area contributed by atoms with Crippen molar-refractivity contribution in [2.24, 2.45) is 0 Å². The molecule has 2 aromatic carbocycles. The van der Waals surface area contributed by atoms with Gasteiger partial charge >= 0.3 is 0 Å². The fourth-order valence-electron chi connectivity index (χ4n) is 1.93. The van der Waals surface area contributed by atoms with Crippen LogP contribution in [0.25, 0.3) is 6.08 Å². The van der Waals surface area contributed by atoms with Crippen molar-refractivity contribution in [3.8, 4) is 0 Å². The van der Waals surface area contributed by atoms with Gasteiger partial charge in [-0.15, -0.1) is 0 Å². The number of carbonyl (C=O) groups is 1. The molecule has 0 N–H and O–H groups in total. The molecule has 0 amide bonds. The number of benzene rings is 2. The molecule has 2 aromatic rings. The lowest BCUT2D eigenvalue weighted by Crippen LogP contribution is -2.00. The lowest BCUT2D eigenvalue weighted by Gasteiger charge is -2.03. The molecule has 0 saturated heterocycles. The number of allylic oxidation sites excluding steroid dienone is 1. The molecular formula is C16H11BrClNO3. The molecule has 0 unspecified atom stereocenters. The third-order valence-electron chi connectivity index (χ3n) is 3.00. The molecule has 4 nitrogen and oxygen atoms in total. The first-order valence-electron chi connectivity index (χ1n) is 6.31. The topological polar surface area (TPSA) is 60.2 Å². The largest absolute Gasteiger partial charge is 0.289 e. The molecule has 0 fully saturated rings. The minimum atomic E-state index is -0.550. The first-order valence-corrected chi connectivity index (χ1v) is 7.48. The highest BCUT2D eigenvalue weighted by atomic mass is 79.9. The molecule has 0 aliphatic carbocycles. The maximum atomic E-state index is 12.3. The van der Waals surface area contributed by atoms with E-state index in [1.165, 1.54) is 12.1 Å². The number of nitro benzene ring substituents is 1. The highest BCUT2D eigenvalue weighted by Crippen LogP contribution is 2.26. The summed E-state index contributed by atoms with van der Waals surface area (Å²) >= 11 is 9.09. The SMILES string of the molecule is CC(=Cc1ccc(Cl)c([N+](=O)[O-])c1)C(=O)c1cccc(Br)c1. The van der Waals surface area contributed by atoms with Gasteiger partial charge in [0.1, 0.15) is 5.02 Å². The van der Waals surface area contributed by atoms with Crippen molar-refractivity contribution in [3.63, 3.8) is 0 Å². The van der Waals surface area contributed by atoms with E-state index in [2.05, 4.69) is 15.9 Å². The lowest BCUT2D eigenvalue weighted by atomic mass is 10.0. The van der Waals surface area contributed by atoms with Crippen LogP contribution in [-0.4, -0.2) is 10.7 Å². The van der Waals surface area contributed by atoms with Crippen LogP contribution in [0.5, 0.6) is 0 Å². The van der Waals surface area contributed by atoms with E-state index in [4.69, 9.17) is 11.6 Å². The van der Waals surface area contributed by atoms with E-state index >= 15 is 0 Å². The number of hydrogen-bond donors (Lipinski definition) is 0. The van der Waals surface area contributed by atoms with E-state index in [1.54, 1.807) is 37.3 Å². The minimum Gasteiger partial charge on any atom is -0.289 e. The zero-order chi connectivity index (χ0) is 16.3. The van der Waals surface area contributed by atoms with Crippen molar-refractivity contribution < 1.29 is 9.72 Å². The highest BCUT2D eigenvalue weighted by Gasteiger charge is 2.13. The minimum absolute atomic E-state index is 0.0677. The van der Waals surface area contributed by atoms with Crippen molar-refractivity contribution in [2.75, 3.05) is 0 Å². The molecule has 112 valence electrons. The van der Waals surface area contributed by atoms with E-state index in [1.807, 2.05) is 6.07 Å². The van der Waals surface area contributed by atoms with Crippen LogP contribution in [0.3, 0.4) is 0 Å². The van der Waals surface area contributed by atoms with E-state index in [0.717, 1.165) is 4.47 Å². The average Bonchev–Trinajstić information content (AvgIpc) is 2.48. The highest BCUT2D eigenvalue weighted by molar-refractivity contribution is 9.10. The van der Waals surface area contributed by atoms with Gasteiger partial charge in [0, 0.05) is 16.1 Å². The molecule has 0 bridgehead atoms. The van der Waals surface area contributed by atoms with Crippen LogP contribution in [0.2, 0.25) is 5.02 Å². The standard InChI is InChI=1S/C16H11BrClNO3/c1-10(16(20)12-3-2-4-13(17)9-12)7-11-5-6-14(18)15(8-11)19(21)22/h2-9H,1H3. The molecule has 0 aliphatic heterocycles. The average molecular weight is 381 g/mol. The summed E-state index contributed by atoms with van der Waals surface area (Å²) in [5, 5.41) is 10.9. The van der Waals surface area contributed by atoms with E-state index < -0.39 is 4.92 Å². The summed E-state index contributed by atoms with van der Waals surface area (Å²) in [5.74, 6) is -0.140. The number of nitro groups is 1. The molecule has 0 aliphatic rings. The number of ketones is 1. The molecule has 0 atom stereocenters. The third kappa shape index (κ3) is 3.81. The van der Waals surface area contributed by atoms with Gasteiger partial charge in [-0.3, -0.25) is 14.9 Å². The second-order valence-corrected chi connectivity index (χ2v) is 5.96. The number of Topliss-reactive ketones (excluding diaryl/α,β-unsaturated/α-hetero) is 1. The summed E-state index contributed by atoms with van der Waals surface area (Å²) in [7, 11) is 0. The van der Waals surface area contributed by atoms with Crippen molar-refractivity contribution in [3.05, 3.63) is 78.8 Å². The van der Waals surface area contributed by atoms with Crippen LogP contribution in [0.4, 0.5) is 5.69 Å². The molecular weight excluding hydrogens is 370 g/mol. The number of hydrogen-bond acceptors (Lipinski definition) is 3. The number of rotatable bonds is 4. The molecule has 0 spiro atoms. The van der Waals surface area contributed by atoms with Gasteiger partial charge in [-0.25, -0.2) is 0 Å². The summed E-state index contributed by atoms with van der Waals surface area (Å²) in [6.07, 6.45) is 1.60.